The topological polar surface area (TPSA) is 104 Å². The number of nitrogen functional groups attached to an aromatic ring is 1. The van der Waals surface area contributed by atoms with Gasteiger partial charge in [0, 0.05) is 31.0 Å². The molecule has 1 aromatic carbocycles. The molecule has 2 heterocycles. The molecule has 0 spiro atoms. The number of anilines is 4. The Balaban J connectivity index is 1.78. The van der Waals surface area contributed by atoms with Gasteiger partial charge in [-0.3, -0.25) is 0 Å². The minimum Gasteiger partial charge on any atom is -0.465 e. The predicted octanol–water partition coefficient (Wildman–Crippen LogP) is 2.95. The van der Waals surface area contributed by atoms with Gasteiger partial charge in [-0.15, -0.1) is 0 Å². The van der Waals surface area contributed by atoms with Crippen molar-refractivity contribution in [2.24, 2.45) is 0 Å². The summed E-state index contributed by atoms with van der Waals surface area (Å²) in [6, 6.07) is 9.80. The molecule has 1 fully saturated rings. The molecule has 1 aliphatic rings. The van der Waals surface area contributed by atoms with Gasteiger partial charge in [-0.05, 0) is 38.0 Å². The monoisotopic (exact) mass is 341 g/mol. The molecule has 0 bridgehead atoms. The second kappa shape index (κ2) is 7.29. The molecule has 0 unspecified atom stereocenters. The molecule has 132 valence electrons. The number of aromatic nitrogens is 1. The number of hydrogen-bond acceptors (Lipinski definition) is 5. The van der Waals surface area contributed by atoms with Crippen molar-refractivity contribution >= 4 is 29.0 Å². The zero-order valence-electron chi connectivity index (χ0n) is 14.2. The summed E-state index contributed by atoms with van der Waals surface area (Å²) in [5.41, 5.74) is 9.89. The largest absolute Gasteiger partial charge is 0.465 e. The molecule has 1 saturated heterocycles. The first-order valence-electron chi connectivity index (χ1n) is 8.35. The van der Waals surface area contributed by atoms with E-state index in [2.05, 4.69) is 20.5 Å². The molecule has 1 aliphatic heterocycles. The number of carboxylic acid groups (broad SMARTS) is 1. The first-order valence-corrected chi connectivity index (χ1v) is 8.35. The Kier molecular flexibility index (Phi) is 4.92. The molecule has 2 aromatic rings. The van der Waals surface area contributed by atoms with E-state index in [1.807, 2.05) is 37.3 Å². The van der Waals surface area contributed by atoms with Crippen molar-refractivity contribution in [1.29, 1.82) is 0 Å². The molecule has 5 N–H and O–H groups in total. The van der Waals surface area contributed by atoms with Crippen molar-refractivity contribution in [1.82, 2.24) is 10.3 Å². The van der Waals surface area contributed by atoms with Crippen LogP contribution in [0.5, 0.6) is 0 Å². The van der Waals surface area contributed by atoms with E-state index in [-0.39, 0.29) is 6.04 Å². The van der Waals surface area contributed by atoms with Crippen molar-refractivity contribution in [2.45, 2.75) is 25.8 Å². The summed E-state index contributed by atoms with van der Waals surface area (Å²) in [6.07, 6.45) is 2.47. The Labute approximate surface area is 146 Å². The van der Waals surface area contributed by atoms with E-state index in [0.29, 0.717) is 18.1 Å². The Morgan fingerprint density at radius 3 is 2.80 bits per heavy atom. The lowest BCUT2D eigenvalue weighted by molar-refractivity contribution is 0.188. The molecule has 1 amide bonds. The summed E-state index contributed by atoms with van der Waals surface area (Å²) in [4.78, 5) is 17.3. The Bertz CT molecular complexity index is 748. The SMILES string of the molecule is Cc1ccc(Nc2nccc(N3CCC[C@@H](NC(=O)O)C3)c2N)cc1. The number of nitrogens with zero attached hydrogens (tertiary/aromatic N) is 2. The van der Waals surface area contributed by atoms with Crippen LogP contribution < -0.4 is 21.3 Å². The van der Waals surface area contributed by atoms with Crippen LogP contribution >= 0.6 is 0 Å². The van der Waals surface area contributed by atoms with Gasteiger partial charge in [0.15, 0.2) is 5.82 Å². The summed E-state index contributed by atoms with van der Waals surface area (Å²) < 4.78 is 0. The van der Waals surface area contributed by atoms with Gasteiger partial charge in [0.05, 0.1) is 11.4 Å². The zero-order valence-corrected chi connectivity index (χ0v) is 14.2. The van der Waals surface area contributed by atoms with Crippen molar-refractivity contribution in [3.63, 3.8) is 0 Å². The maximum absolute atomic E-state index is 10.9. The summed E-state index contributed by atoms with van der Waals surface area (Å²) in [5.74, 6) is 0.606. The van der Waals surface area contributed by atoms with Gasteiger partial charge in [-0.2, -0.15) is 0 Å². The number of piperidine rings is 1. The highest BCUT2D eigenvalue weighted by Gasteiger charge is 2.23. The molecule has 0 radical (unpaired) electrons. The number of pyridine rings is 1. The second-order valence-electron chi connectivity index (χ2n) is 6.32. The quantitative estimate of drug-likeness (QED) is 0.682. The number of nitrogens with two attached hydrogens (primary N) is 1. The van der Waals surface area contributed by atoms with E-state index >= 15 is 0 Å². The molecule has 25 heavy (non-hydrogen) atoms. The van der Waals surface area contributed by atoms with Crippen LogP contribution in [0.2, 0.25) is 0 Å². The average molecular weight is 341 g/mol. The minimum absolute atomic E-state index is 0.0904. The van der Waals surface area contributed by atoms with Crippen molar-refractivity contribution < 1.29 is 9.90 Å². The number of nitrogens with one attached hydrogen (secondary N) is 2. The minimum atomic E-state index is -0.990. The van der Waals surface area contributed by atoms with Crippen LogP contribution in [-0.4, -0.2) is 35.3 Å². The van der Waals surface area contributed by atoms with Gasteiger partial charge >= 0.3 is 6.09 Å². The molecule has 1 atom stereocenters. The lowest BCUT2D eigenvalue weighted by atomic mass is 10.0. The van der Waals surface area contributed by atoms with Crippen LogP contribution in [0.4, 0.5) is 27.7 Å². The maximum atomic E-state index is 10.9. The third-order valence-corrected chi connectivity index (χ3v) is 4.37. The van der Waals surface area contributed by atoms with Gasteiger partial charge in [0.1, 0.15) is 0 Å². The van der Waals surface area contributed by atoms with Crippen LogP contribution in [0, 0.1) is 6.92 Å². The summed E-state index contributed by atoms with van der Waals surface area (Å²) in [7, 11) is 0. The number of hydrogen-bond donors (Lipinski definition) is 4. The Hall–Kier alpha value is -2.96. The molecule has 3 rings (SSSR count). The van der Waals surface area contributed by atoms with Crippen LogP contribution in [0.15, 0.2) is 36.5 Å². The summed E-state index contributed by atoms with van der Waals surface area (Å²) >= 11 is 0. The predicted molar refractivity (Wildman–Crippen MR) is 99.5 cm³/mol. The number of rotatable bonds is 4. The standard InChI is InChI=1S/C18H23N5O2/c1-12-4-6-13(7-5-12)21-17-16(19)15(8-9-20-17)23-10-2-3-14(11-23)22-18(24)25/h4-9,14,22H,2-3,10-11,19H2,1H3,(H,20,21)(H,24,25)/t14-/m1/s1. The Morgan fingerprint density at radius 2 is 2.08 bits per heavy atom. The van der Waals surface area contributed by atoms with Crippen LogP contribution in [-0.2, 0) is 0 Å². The highest BCUT2D eigenvalue weighted by molar-refractivity contribution is 5.81. The van der Waals surface area contributed by atoms with Crippen molar-refractivity contribution in [3.05, 3.63) is 42.1 Å². The highest BCUT2D eigenvalue weighted by Crippen LogP contribution is 2.32. The molecule has 1 aromatic heterocycles. The van der Waals surface area contributed by atoms with Crippen molar-refractivity contribution in [2.75, 3.05) is 29.0 Å². The molecular formula is C18H23N5O2. The van der Waals surface area contributed by atoms with E-state index in [0.717, 1.165) is 30.8 Å². The van der Waals surface area contributed by atoms with E-state index < -0.39 is 6.09 Å². The lowest BCUT2D eigenvalue weighted by Gasteiger charge is -2.35. The van der Waals surface area contributed by atoms with E-state index in [4.69, 9.17) is 10.8 Å². The van der Waals surface area contributed by atoms with Gasteiger partial charge in [-0.25, -0.2) is 9.78 Å². The fraction of sp³-hybridized carbons (Fsp3) is 0.333. The van der Waals surface area contributed by atoms with Gasteiger partial charge in [0.25, 0.3) is 0 Å². The highest BCUT2D eigenvalue weighted by atomic mass is 16.4. The third-order valence-electron chi connectivity index (χ3n) is 4.37. The van der Waals surface area contributed by atoms with Gasteiger partial charge in [-0.1, -0.05) is 17.7 Å². The number of carbonyl (C=O) groups is 1. The number of aryl methyl sites for hydroxylation is 1. The van der Waals surface area contributed by atoms with Gasteiger partial charge in [0.2, 0.25) is 0 Å². The fourth-order valence-corrected chi connectivity index (χ4v) is 3.10. The zero-order chi connectivity index (χ0) is 17.8. The smallest absolute Gasteiger partial charge is 0.404 e. The molecule has 7 nitrogen and oxygen atoms in total. The maximum Gasteiger partial charge on any atom is 0.404 e. The van der Waals surface area contributed by atoms with Gasteiger partial charge < -0.3 is 26.4 Å². The molecular weight excluding hydrogens is 318 g/mol. The van der Waals surface area contributed by atoms with E-state index in [1.54, 1.807) is 6.20 Å². The number of amides is 1. The Morgan fingerprint density at radius 1 is 1.32 bits per heavy atom. The number of benzene rings is 1. The fourth-order valence-electron chi connectivity index (χ4n) is 3.10. The molecule has 7 heteroatoms. The van der Waals surface area contributed by atoms with Crippen LogP contribution in [0.1, 0.15) is 18.4 Å². The van der Waals surface area contributed by atoms with E-state index in [9.17, 15) is 4.79 Å². The first-order chi connectivity index (χ1) is 12.0. The average Bonchev–Trinajstić information content (AvgIpc) is 2.58. The van der Waals surface area contributed by atoms with Crippen molar-refractivity contribution in [3.8, 4) is 0 Å². The summed E-state index contributed by atoms with van der Waals surface area (Å²) in [6.45, 7) is 3.48. The molecule has 0 saturated carbocycles. The molecule has 0 aliphatic carbocycles. The van der Waals surface area contributed by atoms with Crippen LogP contribution in [0.25, 0.3) is 0 Å². The second-order valence-corrected chi connectivity index (χ2v) is 6.32. The lowest BCUT2D eigenvalue weighted by Crippen LogP contribution is -2.47. The first kappa shape index (κ1) is 16.9. The summed E-state index contributed by atoms with van der Waals surface area (Å²) in [5, 5.41) is 14.7. The van der Waals surface area contributed by atoms with Crippen LogP contribution in [0.3, 0.4) is 0 Å². The normalized spacial score (nSPS) is 17.2. The third kappa shape index (κ3) is 4.12. The van der Waals surface area contributed by atoms with E-state index in [1.165, 1.54) is 5.56 Å².